The summed E-state index contributed by atoms with van der Waals surface area (Å²) >= 11 is 0. The Hall–Kier alpha value is -3.00. The van der Waals surface area contributed by atoms with Gasteiger partial charge in [-0.25, -0.2) is 0 Å². The van der Waals surface area contributed by atoms with E-state index >= 15 is 0 Å². The van der Waals surface area contributed by atoms with Crippen LogP contribution in [-0.4, -0.2) is 17.5 Å². The number of nitrogens with zero attached hydrogens (tertiary/aromatic N) is 1. The summed E-state index contributed by atoms with van der Waals surface area (Å²) in [7, 11) is 0. The number of ketones is 2. The molecule has 2 unspecified atom stereocenters. The number of carbonyl (C=O) groups excluding carboxylic acids is 3. The second-order valence-electron chi connectivity index (χ2n) is 16.5. The molecule has 0 saturated heterocycles. The van der Waals surface area contributed by atoms with Crippen molar-refractivity contribution in [1.29, 1.82) is 5.26 Å². The SMILES string of the molecule is CC1(C)CC[C@]2(C(=O)OCc3ccccc3)CC[C@]3(C)C(C(=O)C=C4[C@@]5(C)C=C(C#N)C(=O)C(C)(C)[C@@H]5CC[C@]43C)C2C1. The lowest BCUT2D eigenvalue weighted by Crippen LogP contribution is -2.65. The fraction of sp³-hybridized carbons (Fsp3) is 0.632. The third-order valence-corrected chi connectivity index (χ3v) is 13.5. The van der Waals surface area contributed by atoms with Crippen LogP contribution in [0, 0.1) is 61.6 Å². The van der Waals surface area contributed by atoms with Gasteiger partial charge in [-0.1, -0.05) is 90.4 Å². The van der Waals surface area contributed by atoms with E-state index in [2.05, 4.69) is 40.7 Å². The van der Waals surface area contributed by atoms with Gasteiger partial charge in [0.2, 0.25) is 0 Å². The van der Waals surface area contributed by atoms with Gasteiger partial charge in [-0.2, -0.15) is 5.26 Å². The first-order valence-corrected chi connectivity index (χ1v) is 16.2. The maximum Gasteiger partial charge on any atom is 0.312 e. The van der Waals surface area contributed by atoms with Gasteiger partial charge in [0.05, 0.1) is 11.0 Å². The maximum atomic E-state index is 14.7. The van der Waals surface area contributed by atoms with Gasteiger partial charge in [0.25, 0.3) is 0 Å². The smallest absolute Gasteiger partial charge is 0.312 e. The number of carbonyl (C=O) groups is 3. The molecule has 0 aromatic heterocycles. The highest BCUT2D eigenvalue weighted by Gasteiger charge is 2.71. The third-order valence-electron chi connectivity index (χ3n) is 13.5. The van der Waals surface area contributed by atoms with Crippen LogP contribution in [0.4, 0.5) is 0 Å². The minimum atomic E-state index is -0.685. The van der Waals surface area contributed by atoms with Crippen LogP contribution in [0.2, 0.25) is 0 Å². The molecule has 5 aliphatic carbocycles. The Kier molecular flexibility index (Phi) is 6.64. The van der Waals surface area contributed by atoms with Crippen LogP contribution >= 0.6 is 0 Å². The minimum Gasteiger partial charge on any atom is -0.460 e. The van der Waals surface area contributed by atoms with Crippen molar-refractivity contribution in [3.05, 3.63) is 59.2 Å². The van der Waals surface area contributed by atoms with Crippen LogP contribution in [0.15, 0.2) is 53.6 Å². The number of nitriles is 1. The molecule has 0 aliphatic heterocycles. The van der Waals surface area contributed by atoms with Crippen LogP contribution in [0.5, 0.6) is 0 Å². The molecule has 1 aromatic rings. The normalized spacial score (nSPS) is 40.8. The van der Waals surface area contributed by atoms with Crippen molar-refractivity contribution >= 4 is 17.5 Å². The highest BCUT2D eigenvalue weighted by molar-refractivity contribution is 6.04. The molecule has 0 spiro atoms. The number of hydrogen-bond acceptors (Lipinski definition) is 5. The third kappa shape index (κ3) is 4.04. The lowest BCUT2D eigenvalue weighted by molar-refractivity contribution is -0.194. The molecule has 0 heterocycles. The molecule has 7 atom stereocenters. The quantitative estimate of drug-likeness (QED) is 0.338. The Morgan fingerprint density at radius 3 is 2.30 bits per heavy atom. The van der Waals surface area contributed by atoms with E-state index in [0.717, 1.165) is 49.7 Å². The predicted octanol–water partition coefficient (Wildman–Crippen LogP) is 7.95. The molecule has 6 rings (SSSR count). The van der Waals surface area contributed by atoms with E-state index in [1.165, 1.54) is 0 Å². The van der Waals surface area contributed by atoms with Gasteiger partial charge in [-0.3, -0.25) is 14.4 Å². The highest BCUT2D eigenvalue weighted by Crippen LogP contribution is 2.74. The zero-order valence-electron chi connectivity index (χ0n) is 27.0. The predicted molar refractivity (Wildman–Crippen MR) is 165 cm³/mol. The topological polar surface area (TPSA) is 84.2 Å². The lowest BCUT2D eigenvalue weighted by atomic mass is 9.34. The Labute approximate surface area is 257 Å². The van der Waals surface area contributed by atoms with Crippen LogP contribution in [0.25, 0.3) is 0 Å². The Bertz CT molecular complexity index is 1490. The first-order valence-electron chi connectivity index (χ1n) is 16.2. The van der Waals surface area contributed by atoms with E-state index < -0.39 is 16.2 Å². The van der Waals surface area contributed by atoms with Gasteiger partial charge in [-0.05, 0) is 84.7 Å². The van der Waals surface area contributed by atoms with Gasteiger partial charge in [-0.15, -0.1) is 0 Å². The van der Waals surface area contributed by atoms with Crippen molar-refractivity contribution in [3.63, 3.8) is 0 Å². The number of esters is 1. The fourth-order valence-corrected chi connectivity index (χ4v) is 10.9. The summed E-state index contributed by atoms with van der Waals surface area (Å²) in [5, 5.41) is 9.95. The molecular formula is C38H47NO4. The minimum absolute atomic E-state index is 0.0149. The number of rotatable bonds is 3. The molecule has 1 aromatic carbocycles. The van der Waals surface area contributed by atoms with Crippen LogP contribution in [0.3, 0.4) is 0 Å². The van der Waals surface area contributed by atoms with E-state index in [0.29, 0.717) is 6.42 Å². The molecule has 0 amide bonds. The second-order valence-corrected chi connectivity index (χ2v) is 16.5. The molecule has 3 saturated carbocycles. The maximum absolute atomic E-state index is 14.7. The molecular weight excluding hydrogens is 534 g/mol. The standard InChI is InChI=1S/C38H47NO4/c1-33(2)15-17-38(32(42)43-23-24-11-9-8-10-12-24)18-16-37(7)30(26(38)21-33)27(40)19-29-35(5)20-25(22-39)31(41)34(3,4)28(35)13-14-36(29,37)6/h8-12,19-20,26,28,30H,13-18,21,23H2,1-7H3/t26?,28-,30?,35-,36+,37+,38-/m0/s1. The Morgan fingerprint density at radius 2 is 1.63 bits per heavy atom. The van der Waals surface area contributed by atoms with Crippen LogP contribution in [-0.2, 0) is 25.7 Å². The van der Waals surface area contributed by atoms with Crippen LogP contribution < -0.4 is 0 Å². The van der Waals surface area contributed by atoms with Crippen molar-refractivity contribution in [3.8, 4) is 6.07 Å². The number of hydrogen-bond donors (Lipinski definition) is 0. The molecule has 228 valence electrons. The van der Waals surface area contributed by atoms with E-state index in [-0.39, 0.29) is 63.7 Å². The average molecular weight is 582 g/mol. The summed E-state index contributed by atoms with van der Waals surface area (Å²) < 4.78 is 6.08. The zero-order chi connectivity index (χ0) is 31.2. The summed E-state index contributed by atoms with van der Waals surface area (Å²) in [5.41, 5.74) is -0.267. The van der Waals surface area contributed by atoms with Crippen molar-refractivity contribution in [2.75, 3.05) is 0 Å². The van der Waals surface area contributed by atoms with Gasteiger partial charge in [0.1, 0.15) is 12.7 Å². The first kappa shape index (κ1) is 30.0. The average Bonchev–Trinajstić information content (AvgIpc) is 2.95. The molecule has 5 aliphatic rings. The number of allylic oxidation sites excluding steroid dienone is 4. The van der Waals surface area contributed by atoms with E-state index in [1.54, 1.807) is 0 Å². The molecule has 43 heavy (non-hydrogen) atoms. The molecule has 5 nitrogen and oxygen atoms in total. The largest absolute Gasteiger partial charge is 0.460 e. The van der Waals surface area contributed by atoms with Crippen molar-refractivity contribution in [2.24, 2.45) is 50.2 Å². The molecule has 0 N–H and O–H groups in total. The van der Waals surface area contributed by atoms with Crippen molar-refractivity contribution in [1.82, 2.24) is 0 Å². The van der Waals surface area contributed by atoms with E-state index in [1.807, 2.05) is 56.3 Å². The Balaban J connectivity index is 1.44. The molecule has 0 radical (unpaired) electrons. The number of fused-ring (bicyclic) bond motifs is 7. The van der Waals surface area contributed by atoms with Gasteiger partial charge in [0.15, 0.2) is 11.6 Å². The first-order chi connectivity index (χ1) is 20.1. The van der Waals surface area contributed by atoms with Gasteiger partial charge in [0, 0.05) is 16.7 Å². The zero-order valence-corrected chi connectivity index (χ0v) is 27.0. The lowest BCUT2D eigenvalue weighted by Gasteiger charge is -2.68. The van der Waals surface area contributed by atoms with Crippen molar-refractivity contribution < 1.29 is 19.1 Å². The monoisotopic (exact) mass is 581 g/mol. The molecule has 5 heteroatoms. The van der Waals surface area contributed by atoms with E-state index in [9.17, 15) is 19.6 Å². The highest BCUT2D eigenvalue weighted by atomic mass is 16.5. The van der Waals surface area contributed by atoms with Crippen molar-refractivity contribution in [2.45, 2.75) is 100 Å². The summed E-state index contributed by atoms with van der Waals surface area (Å²) in [6.45, 7) is 15.5. The summed E-state index contributed by atoms with van der Waals surface area (Å²) in [4.78, 5) is 42.1. The number of ether oxygens (including phenoxy) is 1. The summed E-state index contributed by atoms with van der Waals surface area (Å²) in [5.74, 6) is -0.482. The number of Topliss-reactive ketones (excluding diaryl/α,β-unsaturated/α-hetero) is 1. The van der Waals surface area contributed by atoms with Gasteiger partial charge < -0.3 is 4.74 Å². The number of benzene rings is 1. The Morgan fingerprint density at radius 1 is 0.953 bits per heavy atom. The van der Waals surface area contributed by atoms with Crippen LogP contribution in [0.1, 0.15) is 99.0 Å². The fourth-order valence-electron chi connectivity index (χ4n) is 10.9. The second kappa shape index (κ2) is 9.50. The molecule has 3 fully saturated rings. The summed E-state index contributed by atoms with van der Waals surface area (Å²) in [6, 6.07) is 12.0. The summed E-state index contributed by atoms with van der Waals surface area (Å²) in [6.07, 6.45) is 9.52. The van der Waals surface area contributed by atoms with Gasteiger partial charge >= 0.3 is 5.97 Å². The van der Waals surface area contributed by atoms with E-state index in [4.69, 9.17) is 4.74 Å². The molecule has 0 bridgehead atoms.